The highest BCUT2D eigenvalue weighted by Gasteiger charge is 2.23. The Morgan fingerprint density at radius 2 is 1.04 bits per heavy atom. The van der Waals surface area contributed by atoms with Crippen molar-refractivity contribution < 1.29 is 18.1 Å². The molecule has 164 valence electrons. The van der Waals surface area contributed by atoms with Crippen LogP contribution in [0.25, 0.3) is 0 Å². The molecule has 27 heavy (non-hydrogen) atoms. The van der Waals surface area contributed by atoms with Gasteiger partial charge < -0.3 is 5.11 Å². The summed E-state index contributed by atoms with van der Waals surface area (Å²) in [5.74, 6) is 0. The predicted octanol–water partition coefficient (Wildman–Crippen LogP) is 6.67. The molecule has 0 saturated carbocycles. The summed E-state index contributed by atoms with van der Waals surface area (Å²) in [5.41, 5.74) is 0. The van der Waals surface area contributed by atoms with Crippen LogP contribution in [-0.4, -0.2) is 29.4 Å². The van der Waals surface area contributed by atoms with Crippen LogP contribution in [-0.2, 0) is 10.1 Å². The molecule has 0 aliphatic carbocycles. The van der Waals surface area contributed by atoms with E-state index in [4.69, 9.17) is 4.55 Å². The topological polar surface area (TPSA) is 74.6 Å². The fraction of sp³-hybridized carbons (Fsp3) is 1.00. The van der Waals surface area contributed by atoms with Crippen molar-refractivity contribution in [1.29, 1.82) is 0 Å². The molecule has 0 amide bonds. The van der Waals surface area contributed by atoms with Gasteiger partial charge in [0.25, 0.3) is 10.1 Å². The molecule has 2 N–H and O–H groups in total. The minimum absolute atomic E-state index is 0.147. The number of aliphatic hydroxyl groups is 1. The van der Waals surface area contributed by atoms with E-state index in [2.05, 4.69) is 6.92 Å². The second kappa shape index (κ2) is 17.9. The van der Waals surface area contributed by atoms with E-state index in [1.54, 1.807) is 6.92 Å². The molecule has 0 aromatic heterocycles. The Labute approximate surface area is 169 Å². The van der Waals surface area contributed by atoms with Gasteiger partial charge in [-0.3, -0.25) is 4.55 Å². The van der Waals surface area contributed by atoms with E-state index in [9.17, 15) is 13.5 Å². The standard InChI is InChI=1S/C22H46O4S/c1-3-5-6-7-8-9-10-11-12-13-14-15-16-17-18-19-21(23)20-22(4-2)27(24,25)26/h21-23H,3-20H2,1-2H3,(H,24,25,26). The molecule has 2 atom stereocenters. The van der Waals surface area contributed by atoms with E-state index in [-0.39, 0.29) is 6.42 Å². The Balaban J connectivity index is 3.35. The predicted molar refractivity (Wildman–Crippen MR) is 116 cm³/mol. The van der Waals surface area contributed by atoms with Gasteiger partial charge in [0.2, 0.25) is 0 Å². The summed E-state index contributed by atoms with van der Waals surface area (Å²) in [5, 5.41) is 9.11. The molecule has 2 unspecified atom stereocenters. The van der Waals surface area contributed by atoms with Crippen molar-refractivity contribution in [3.05, 3.63) is 0 Å². The van der Waals surface area contributed by atoms with Crippen LogP contribution in [0.1, 0.15) is 129 Å². The van der Waals surface area contributed by atoms with Gasteiger partial charge in [0.05, 0.1) is 11.4 Å². The Kier molecular flexibility index (Phi) is 17.8. The first-order chi connectivity index (χ1) is 12.9. The van der Waals surface area contributed by atoms with Crippen LogP contribution in [0.15, 0.2) is 0 Å². The maximum absolute atomic E-state index is 11.2. The molecule has 0 bridgehead atoms. The first kappa shape index (κ1) is 26.9. The molecule has 0 aliphatic rings. The molecular weight excluding hydrogens is 360 g/mol. The summed E-state index contributed by atoms with van der Waals surface area (Å²) >= 11 is 0. The van der Waals surface area contributed by atoms with Crippen molar-refractivity contribution in [2.75, 3.05) is 0 Å². The van der Waals surface area contributed by atoms with Gasteiger partial charge in [-0.15, -0.1) is 0 Å². The van der Waals surface area contributed by atoms with E-state index in [1.807, 2.05) is 0 Å². The molecule has 4 nitrogen and oxygen atoms in total. The maximum Gasteiger partial charge on any atom is 0.267 e. The molecule has 5 heteroatoms. The van der Waals surface area contributed by atoms with Crippen LogP contribution in [0.4, 0.5) is 0 Å². The maximum atomic E-state index is 11.2. The van der Waals surface area contributed by atoms with E-state index in [0.29, 0.717) is 12.8 Å². The van der Waals surface area contributed by atoms with Gasteiger partial charge in [0.1, 0.15) is 0 Å². The van der Waals surface area contributed by atoms with Crippen molar-refractivity contribution in [1.82, 2.24) is 0 Å². The molecular formula is C22H46O4S. The van der Waals surface area contributed by atoms with Gasteiger partial charge in [-0.25, -0.2) is 0 Å². The van der Waals surface area contributed by atoms with Crippen molar-refractivity contribution >= 4 is 10.1 Å². The number of unbranched alkanes of at least 4 members (excludes halogenated alkanes) is 14. The van der Waals surface area contributed by atoms with Gasteiger partial charge in [-0.05, 0) is 19.3 Å². The Bertz CT molecular complexity index is 409. The zero-order valence-corrected chi connectivity index (χ0v) is 18.8. The van der Waals surface area contributed by atoms with Crippen LogP contribution in [0, 0.1) is 0 Å². The molecule has 0 radical (unpaired) electrons. The Morgan fingerprint density at radius 3 is 1.37 bits per heavy atom. The first-order valence-corrected chi connectivity index (χ1v) is 13.1. The molecule has 0 rings (SSSR count). The lowest BCUT2D eigenvalue weighted by molar-refractivity contribution is 0.147. The van der Waals surface area contributed by atoms with Gasteiger partial charge in [-0.1, -0.05) is 110 Å². The smallest absolute Gasteiger partial charge is 0.267 e. The molecule has 0 aromatic rings. The van der Waals surface area contributed by atoms with Crippen LogP contribution in [0.5, 0.6) is 0 Å². The first-order valence-electron chi connectivity index (χ1n) is 11.6. The van der Waals surface area contributed by atoms with E-state index in [1.165, 1.54) is 83.5 Å². The van der Waals surface area contributed by atoms with Crippen molar-refractivity contribution in [2.24, 2.45) is 0 Å². The van der Waals surface area contributed by atoms with Crippen LogP contribution in [0.2, 0.25) is 0 Å². The zero-order valence-electron chi connectivity index (χ0n) is 18.0. The normalized spacial score (nSPS) is 14.4. The quantitative estimate of drug-likeness (QED) is 0.175. The van der Waals surface area contributed by atoms with Gasteiger partial charge in [-0.2, -0.15) is 8.42 Å². The fourth-order valence-electron chi connectivity index (χ4n) is 3.67. The number of aliphatic hydroxyl groups excluding tert-OH is 1. The number of hydrogen-bond donors (Lipinski definition) is 2. The fourth-order valence-corrected chi connectivity index (χ4v) is 4.56. The largest absolute Gasteiger partial charge is 0.393 e. The highest BCUT2D eigenvalue weighted by molar-refractivity contribution is 7.86. The summed E-state index contributed by atoms with van der Waals surface area (Å²) in [4.78, 5) is 0. The number of rotatable bonds is 20. The van der Waals surface area contributed by atoms with Crippen LogP contribution < -0.4 is 0 Å². The average Bonchev–Trinajstić information content (AvgIpc) is 2.62. The molecule has 0 heterocycles. The monoisotopic (exact) mass is 406 g/mol. The summed E-state index contributed by atoms with van der Waals surface area (Å²) < 4.78 is 31.4. The van der Waals surface area contributed by atoms with Gasteiger partial charge in [0, 0.05) is 0 Å². The average molecular weight is 407 g/mol. The Morgan fingerprint density at radius 1 is 0.667 bits per heavy atom. The minimum atomic E-state index is -4.03. The van der Waals surface area contributed by atoms with Gasteiger partial charge >= 0.3 is 0 Å². The third-order valence-corrected chi connectivity index (χ3v) is 6.92. The SMILES string of the molecule is CCCCCCCCCCCCCCCCCC(O)CC(CC)S(=O)(=O)O. The highest BCUT2D eigenvalue weighted by atomic mass is 32.2. The molecule has 0 aromatic carbocycles. The van der Waals surface area contributed by atoms with Crippen molar-refractivity contribution in [2.45, 2.75) is 141 Å². The van der Waals surface area contributed by atoms with E-state index >= 15 is 0 Å². The second-order valence-electron chi connectivity index (χ2n) is 8.17. The van der Waals surface area contributed by atoms with E-state index < -0.39 is 21.5 Å². The Hall–Kier alpha value is -0.130. The van der Waals surface area contributed by atoms with Gasteiger partial charge in [0.15, 0.2) is 0 Å². The number of hydrogen-bond acceptors (Lipinski definition) is 3. The van der Waals surface area contributed by atoms with Crippen molar-refractivity contribution in [3.8, 4) is 0 Å². The lowest BCUT2D eigenvalue weighted by Crippen LogP contribution is -2.25. The van der Waals surface area contributed by atoms with Crippen LogP contribution in [0.3, 0.4) is 0 Å². The van der Waals surface area contributed by atoms with Crippen molar-refractivity contribution in [3.63, 3.8) is 0 Å². The molecule has 0 fully saturated rings. The van der Waals surface area contributed by atoms with E-state index in [0.717, 1.165) is 12.8 Å². The second-order valence-corrected chi connectivity index (χ2v) is 9.87. The van der Waals surface area contributed by atoms with Crippen LogP contribution >= 0.6 is 0 Å². The summed E-state index contributed by atoms with van der Waals surface area (Å²) in [6.45, 7) is 3.98. The molecule has 0 spiro atoms. The summed E-state index contributed by atoms with van der Waals surface area (Å²) in [7, 11) is -4.03. The third-order valence-electron chi connectivity index (χ3n) is 5.55. The zero-order chi connectivity index (χ0) is 20.4. The summed E-state index contributed by atoms with van der Waals surface area (Å²) in [6.07, 6.45) is 20.1. The lowest BCUT2D eigenvalue weighted by atomic mass is 10.0. The molecule has 0 saturated heterocycles. The summed E-state index contributed by atoms with van der Waals surface area (Å²) in [6, 6.07) is 0. The molecule has 0 aliphatic heterocycles. The highest BCUT2D eigenvalue weighted by Crippen LogP contribution is 2.17. The minimum Gasteiger partial charge on any atom is -0.393 e. The lowest BCUT2D eigenvalue weighted by Gasteiger charge is -2.16. The third kappa shape index (κ3) is 17.7.